The fraction of sp³-hybridized carbons (Fsp3) is 0.167. The molecule has 2 aromatic carbocycles. The second kappa shape index (κ2) is 9.89. The molecular formula is C24H22ClN3O3S. The molecule has 0 saturated carbocycles. The Kier molecular flexibility index (Phi) is 6.78. The van der Waals surface area contributed by atoms with E-state index in [-0.39, 0.29) is 5.56 Å². The van der Waals surface area contributed by atoms with E-state index in [1.807, 2.05) is 65.6 Å². The van der Waals surface area contributed by atoms with Gasteiger partial charge in [0.05, 0.1) is 32.0 Å². The molecule has 0 spiro atoms. The van der Waals surface area contributed by atoms with Crippen molar-refractivity contribution in [1.82, 2.24) is 15.2 Å². The number of rotatable bonds is 7. The van der Waals surface area contributed by atoms with Crippen LogP contribution < -0.4 is 15.6 Å². The predicted molar refractivity (Wildman–Crippen MR) is 130 cm³/mol. The van der Waals surface area contributed by atoms with E-state index in [1.165, 1.54) is 0 Å². The van der Waals surface area contributed by atoms with Crippen LogP contribution in [0.15, 0.2) is 76.1 Å². The maximum absolute atomic E-state index is 12.8. The van der Waals surface area contributed by atoms with Gasteiger partial charge >= 0.3 is 0 Å². The van der Waals surface area contributed by atoms with Crippen LogP contribution in [0, 0.1) is 0 Å². The minimum atomic E-state index is -0.166. The van der Waals surface area contributed by atoms with Gasteiger partial charge in [0.1, 0.15) is 11.5 Å². The number of pyridine rings is 1. The molecule has 0 bridgehead atoms. The summed E-state index contributed by atoms with van der Waals surface area (Å²) in [4.78, 5) is 17.7. The summed E-state index contributed by atoms with van der Waals surface area (Å²) >= 11 is 11.7. The normalized spacial score (nSPS) is 10.8. The Hall–Kier alpha value is -3.29. The first-order valence-electron chi connectivity index (χ1n) is 10.0. The third-order valence-electron chi connectivity index (χ3n) is 5.06. The lowest BCUT2D eigenvalue weighted by Gasteiger charge is -2.26. The van der Waals surface area contributed by atoms with Crippen LogP contribution in [-0.4, -0.2) is 22.1 Å². The fourth-order valence-electron chi connectivity index (χ4n) is 3.37. The highest BCUT2D eigenvalue weighted by Gasteiger charge is 2.15. The van der Waals surface area contributed by atoms with Gasteiger partial charge < -0.3 is 24.4 Å². The second-order valence-corrected chi connectivity index (χ2v) is 8.12. The Labute approximate surface area is 195 Å². The van der Waals surface area contributed by atoms with Gasteiger partial charge in [-0.2, -0.15) is 0 Å². The van der Waals surface area contributed by atoms with E-state index in [0.717, 1.165) is 22.2 Å². The molecule has 4 aromatic rings. The number of nitrogens with one attached hydrogen (secondary N) is 2. The molecule has 0 unspecified atom stereocenters. The van der Waals surface area contributed by atoms with Crippen molar-refractivity contribution in [2.75, 3.05) is 7.11 Å². The zero-order valence-electron chi connectivity index (χ0n) is 17.4. The zero-order valence-corrected chi connectivity index (χ0v) is 19.0. The van der Waals surface area contributed by atoms with Crippen LogP contribution in [0.3, 0.4) is 0 Å². The number of aromatic nitrogens is 1. The highest BCUT2D eigenvalue weighted by atomic mass is 35.5. The molecule has 4 rings (SSSR count). The molecule has 0 fully saturated rings. The van der Waals surface area contributed by atoms with Crippen LogP contribution >= 0.6 is 23.8 Å². The quantitative estimate of drug-likeness (QED) is 0.378. The molecule has 0 atom stereocenters. The lowest BCUT2D eigenvalue weighted by atomic mass is 10.1. The van der Waals surface area contributed by atoms with Gasteiger partial charge in [0.2, 0.25) is 0 Å². The number of halogens is 1. The van der Waals surface area contributed by atoms with E-state index < -0.39 is 0 Å². The number of benzene rings is 2. The number of fused-ring (bicyclic) bond motifs is 1. The van der Waals surface area contributed by atoms with Crippen molar-refractivity contribution in [2.45, 2.75) is 19.6 Å². The van der Waals surface area contributed by atoms with Crippen LogP contribution in [0.1, 0.15) is 16.9 Å². The van der Waals surface area contributed by atoms with Crippen molar-refractivity contribution in [3.05, 3.63) is 99.2 Å². The van der Waals surface area contributed by atoms with Gasteiger partial charge in [-0.15, -0.1) is 0 Å². The predicted octanol–water partition coefficient (Wildman–Crippen LogP) is 4.86. The molecule has 0 saturated heterocycles. The topological polar surface area (TPSA) is 70.5 Å². The molecule has 0 aliphatic carbocycles. The number of hydrogen-bond acceptors (Lipinski definition) is 4. The summed E-state index contributed by atoms with van der Waals surface area (Å²) in [6.07, 6.45) is 1.62. The van der Waals surface area contributed by atoms with Crippen LogP contribution in [0.25, 0.3) is 10.9 Å². The van der Waals surface area contributed by atoms with Gasteiger partial charge in [-0.1, -0.05) is 23.7 Å². The van der Waals surface area contributed by atoms with Crippen molar-refractivity contribution in [2.24, 2.45) is 0 Å². The number of ether oxygens (including phenoxy) is 1. The molecular weight excluding hydrogens is 446 g/mol. The molecule has 0 amide bonds. The highest BCUT2D eigenvalue weighted by Crippen LogP contribution is 2.20. The third kappa shape index (κ3) is 5.30. The van der Waals surface area contributed by atoms with E-state index in [4.69, 9.17) is 33.0 Å². The zero-order chi connectivity index (χ0) is 22.5. The number of H-pyrrole nitrogens is 1. The van der Waals surface area contributed by atoms with Crippen molar-refractivity contribution >= 4 is 39.8 Å². The number of methoxy groups -OCH3 is 1. The van der Waals surface area contributed by atoms with E-state index in [2.05, 4.69) is 10.3 Å². The van der Waals surface area contributed by atoms with E-state index in [0.29, 0.717) is 41.1 Å². The van der Waals surface area contributed by atoms with Crippen molar-refractivity contribution in [3.63, 3.8) is 0 Å². The SMILES string of the molecule is COc1ccc2cc(CN(Cc3ccc(Cl)cc3)C(=S)NCc3ccco3)c(=O)[nH]c2c1. The Bertz CT molecular complexity index is 1270. The average molecular weight is 468 g/mol. The Balaban J connectivity index is 1.59. The monoisotopic (exact) mass is 467 g/mol. The van der Waals surface area contributed by atoms with E-state index in [9.17, 15) is 4.79 Å². The third-order valence-corrected chi connectivity index (χ3v) is 5.71. The first-order valence-corrected chi connectivity index (χ1v) is 10.8. The minimum Gasteiger partial charge on any atom is -0.497 e. The molecule has 8 heteroatoms. The lowest BCUT2D eigenvalue weighted by Crippen LogP contribution is -2.39. The van der Waals surface area contributed by atoms with Gasteiger partial charge in [-0.25, -0.2) is 0 Å². The first kappa shape index (κ1) is 21.9. The molecule has 2 heterocycles. The summed E-state index contributed by atoms with van der Waals surface area (Å²) < 4.78 is 10.6. The van der Waals surface area contributed by atoms with E-state index in [1.54, 1.807) is 13.4 Å². The van der Waals surface area contributed by atoms with Crippen LogP contribution in [-0.2, 0) is 19.6 Å². The molecule has 0 aliphatic rings. The maximum atomic E-state index is 12.8. The van der Waals surface area contributed by atoms with Crippen LogP contribution in [0.2, 0.25) is 5.02 Å². The summed E-state index contributed by atoms with van der Waals surface area (Å²) in [7, 11) is 1.60. The van der Waals surface area contributed by atoms with Gasteiger partial charge in [0, 0.05) is 23.2 Å². The number of nitrogens with zero attached hydrogens (tertiary/aromatic N) is 1. The molecule has 0 radical (unpaired) electrons. The summed E-state index contributed by atoms with van der Waals surface area (Å²) in [5.74, 6) is 1.46. The van der Waals surface area contributed by atoms with Crippen LogP contribution in [0.5, 0.6) is 5.75 Å². The summed E-state index contributed by atoms with van der Waals surface area (Å²) in [6, 6.07) is 18.8. The van der Waals surface area contributed by atoms with Crippen molar-refractivity contribution < 1.29 is 9.15 Å². The molecule has 164 valence electrons. The standard InChI is InChI=1S/C24H22ClN3O3S/c1-30-20-9-6-17-11-18(23(29)27-22(17)12-20)15-28(14-16-4-7-19(25)8-5-16)24(32)26-13-21-3-2-10-31-21/h2-12H,13-15H2,1H3,(H,26,32)(H,27,29). The maximum Gasteiger partial charge on any atom is 0.253 e. The molecule has 6 nitrogen and oxygen atoms in total. The molecule has 2 aromatic heterocycles. The van der Waals surface area contributed by atoms with Gasteiger partial charge in [-0.05, 0) is 65.6 Å². The Morgan fingerprint density at radius 3 is 2.69 bits per heavy atom. The number of furan rings is 1. The lowest BCUT2D eigenvalue weighted by molar-refractivity contribution is 0.393. The Morgan fingerprint density at radius 1 is 1.16 bits per heavy atom. The first-order chi connectivity index (χ1) is 15.5. The molecule has 32 heavy (non-hydrogen) atoms. The minimum absolute atomic E-state index is 0.166. The fourth-order valence-corrected chi connectivity index (χ4v) is 3.70. The number of hydrogen-bond donors (Lipinski definition) is 2. The average Bonchev–Trinajstić information content (AvgIpc) is 3.32. The van der Waals surface area contributed by atoms with Gasteiger partial charge in [0.15, 0.2) is 5.11 Å². The molecule has 0 aliphatic heterocycles. The summed E-state index contributed by atoms with van der Waals surface area (Å²) in [6.45, 7) is 1.31. The smallest absolute Gasteiger partial charge is 0.253 e. The van der Waals surface area contributed by atoms with Gasteiger partial charge in [0.25, 0.3) is 5.56 Å². The van der Waals surface area contributed by atoms with Crippen molar-refractivity contribution in [1.29, 1.82) is 0 Å². The van der Waals surface area contributed by atoms with Gasteiger partial charge in [-0.3, -0.25) is 4.79 Å². The largest absolute Gasteiger partial charge is 0.497 e. The summed E-state index contributed by atoms with van der Waals surface area (Å²) in [5, 5.41) is 5.32. The number of thiocarbonyl (C=S) groups is 1. The van der Waals surface area contributed by atoms with Crippen molar-refractivity contribution in [3.8, 4) is 5.75 Å². The van der Waals surface area contributed by atoms with Crippen LogP contribution in [0.4, 0.5) is 0 Å². The second-order valence-electron chi connectivity index (χ2n) is 7.30. The highest BCUT2D eigenvalue weighted by molar-refractivity contribution is 7.80. The Morgan fingerprint density at radius 2 is 1.97 bits per heavy atom. The molecule has 2 N–H and O–H groups in total. The van der Waals surface area contributed by atoms with E-state index >= 15 is 0 Å². The number of aromatic amines is 1. The summed E-state index contributed by atoms with van der Waals surface area (Å²) in [5.41, 5.74) is 2.19.